The van der Waals surface area contributed by atoms with E-state index in [0.717, 1.165) is 4.88 Å². The molecule has 3 nitrogen and oxygen atoms in total. The lowest BCUT2D eigenvalue weighted by molar-refractivity contribution is 0.249. The molecule has 2 N–H and O–H groups in total. The van der Waals surface area contributed by atoms with Crippen LogP contribution in [0.1, 0.15) is 17.8 Å². The van der Waals surface area contributed by atoms with Crippen molar-refractivity contribution in [2.75, 3.05) is 5.32 Å². The number of hydrogen-bond donors (Lipinski definition) is 2. The molecule has 1 aromatic heterocycles. The van der Waals surface area contributed by atoms with Crippen LogP contribution >= 0.6 is 11.3 Å². The highest BCUT2D eigenvalue weighted by atomic mass is 32.1. The summed E-state index contributed by atoms with van der Waals surface area (Å²) in [7, 11) is 0. The lowest BCUT2D eigenvalue weighted by Gasteiger charge is -2.13. The molecular formula is C13H13FN2OS. The van der Waals surface area contributed by atoms with Gasteiger partial charge < -0.3 is 10.6 Å². The zero-order chi connectivity index (χ0) is 13.0. The van der Waals surface area contributed by atoms with Gasteiger partial charge in [-0.25, -0.2) is 9.18 Å². The van der Waals surface area contributed by atoms with Crippen LogP contribution in [0.25, 0.3) is 0 Å². The fourth-order valence-electron chi connectivity index (χ4n) is 1.54. The van der Waals surface area contributed by atoms with Gasteiger partial charge in [0.1, 0.15) is 5.82 Å². The molecule has 94 valence electrons. The highest BCUT2D eigenvalue weighted by Crippen LogP contribution is 2.18. The maximum Gasteiger partial charge on any atom is 0.319 e. The lowest BCUT2D eigenvalue weighted by Crippen LogP contribution is -2.30. The van der Waals surface area contributed by atoms with Crippen molar-refractivity contribution in [3.8, 4) is 0 Å². The first kappa shape index (κ1) is 12.6. The monoisotopic (exact) mass is 264 g/mol. The molecule has 0 saturated heterocycles. The molecule has 5 heteroatoms. The second kappa shape index (κ2) is 5.64. The molecule has 2 aromatic rings. The molecule has 0 aliphatic rings. The van der Waals surface area contributed by atoms with E-state index in [2.05, 4.69) is 10.6 Å². The Balaban J connectivity index is 1.93. The van der Waals surface area contributed by atoms with E-state index < -0.39 is 0 Å². The summed E-state index contributed by atoms with van der Waals surface area (Å²) in [6, 6.07) is 9.26. The zero-order valence-corrected chi connectivity index (χ0v) is 10.6. The molecule has 1 aromatic carbocycles. The Hall–Kier alpha value is -1.88. The van der Waals surface area contributed by atoms with E-state index >= 15 is 0 Å². The van der Waals surface area contributed by atoms with E-state index in [9.17, 15) is 9.18 Å². The molecule has 0 saturated carbocycles. The summed E-state index contributed by atoms with van der Waals surface area (Å²) in [5.41, 5.74) is 0.436. The van der Waals surface area contributed by atoms with Crippen molar-refractivity contribution in [2.45, 2.75) is 13.0 Å². The Morgan fingerprint density at radius 1 is 1.33 bits per heavy atom. The second-order valence-corrected chi connectivity index (χ2v) is 4.83. The van der Waals surface area contributed by atoms with Crippen LogP contribution < -0.4 is 10.6 Å². The molecule has 1 heterocycles. The van der Waals surface area contributed by atoms with Crippen molar-refractivity contribution in [1.29, 1.82) is 0 Å². The molecule has 1 unspecified atom stereocenters. The normalized spacial score (nSPS) is 11.9. The van der Waals surface area contributed by atoms with E-state index in [4.69, 9.17) is 0 Å². The molecule has 0 fully saturated rings. The molecule has 0 spiro atoms. The number of hydrogen-bond acceptors (Lipinski definition) is 2. The predicted octanol–water partition coefficient (Wildman–Crippen LogP) is 3.77. The van der Waals surface area contributed by atoms with Gasteiger partial charge in [-0.1, -0.05) is 12.1 Å². The topological polar surface area (TPSA) is 41.1 Å². The Kier molecular flexibility index (Phi) is 3.94. The maximum atomic E-state index is 12.9. The Bertz CT molecular complexity index is 528. The van der Waals surface area contributed by atoms with Gasteiger partial charge in [-0.05, 0) is 36.6 Å². The number of nitrogens with one attached hydrogen (secondary N) is 2. The van der Waals surface area contributed by atoms with Crippen molar-refractivity contribution in [3.63, 3.8) is 0 Å². The van der Waals surface area contributed by atoms with Crippen molar-refractivity contribution >= 4 is 23.1 Å². The van der Waals surface area contributed by atoms with Crippen LogP contribution in [-0.4, -0.2) is 6.03 Å². The zero-order valence-electron chi connectivity index (χ0n) is 9.81. The highest BCUT2D eigenvalue weighted by molar-refractivity contribution is 7.10. The predicted molar refractivity (Wildman–Crippen MR) is 71.3 cm³/mol. The summed E-state index contributed by atoms with van der Waals surface area (Å²) < 4.78 is 12.9. The molecule has 1 atom stereocenters. The van der Waals surface area contributed by atoms with Gasteiger partial charge in [-0.15, -0.1) is 11.3 Å². The molecular weight excluding hydrogens is 251 g/mol. The van der Waals surface area contributed by atoms with E-state index in [1.807, 2.05) is 24.4 Å². The number of amides is 2. The number of urea groups is 1. The van der Waals surface area contributed by atoms with Gasteiger partial charge in [0.2, 0.25) is 0 Å². The van der Waals surface area contributed by atoms with Gasteiger partial charge in [0.25, 0.3) is 0 Å². The Labute approximate surface area is 109 Å². The average Bonchev–Trinajstić information content (AvgIpc) is 2.81. The molecule has 0 bridgehead atoms. The number of carbonyl (C=O) groups is 1. The van der Waals surface area contributed by atoms with Crippen LogP contribution in [0.4, 0.5) is 14.9 Å². The summed E-state index contributed by atoms with van der Waals surface area (Å²) in [5, 5.41) is 7.33. The molecule has 0 aliphatic heterocycles. The van der Waals surface area contributed by atoms with Crippen molar-refractivity contribution in [3.05, 3.63) is 52.5 Å². The SMILES string of the molecule is CC(NC(=O)Nc1cccc(F)c1)c1cccs1. The quantitative estimate of drug-likeness (QED) is 0.870. The molecule has 2 amide bonds. The third kappa shape index (κ3) is 3.30. The fraction of sp³-hybridized carbons (Fsp3) is 0.154. The molecule has 18 heavy (non-hydrogen) atoms. The van der Waals surface area contributed by atoms with Gasteiger partial charge >= 0.3 is 6.03 Å². The minimum atomic E-state index is -0.376. The first-order chi connectivity index (χ1) is 8.65. The summed E-state index contributed by atoms with van der Waals surface area (Å²) in [6.07, 6.45) is 0. The Morgan fingerprint density at radius 3 is 2.83 bits per heavy atom. The summed E-state index contributed by atoms with van der Waals surface area (Å²) in [6.45, 7) is 1.90. The number of thiophene rings is 1. The molecule has 2 rings (SSSR count). The second-order valence-electron chi connectivity index (χ2n) is 3.85. The number of anilines is 1. The standard InChI is InChI=1S/C13H13FN2OS/c1-9(12-6-3-7-18-12)15-13(17)16-11-5-2-4-10(14)8-11/h2-9H,1H3,(H2,15,16,17). The fourth-order valence-corrected chi connectivity index (χ4v) is 2.27. The molecule has 0 radical (unpaired) electrons. The van der Waals surface area contributed by atoms with Gasteiger partial charge in [0, 0.05) is 10.6 Å². The van der Waals surface area contributed by atoms with E-state index in [0.29, 0.717) is 5.69 Å². The van der Waals surface area contributed by atoms with Crippen LogP contribution in [0.15, 0.2) is 41.8 Å². The Morgan fingerprint density at radius 2 is 2.17 bits per heavy atom. The van der Waals surface area contributed by atoms with Gasteiger partial charge in [0.15, 0.2) is 0 Å². The van der Waals surface area contributed by atoms with E-state index in [1.165, 1.54) is 12.1 Å². The van der Waals surface area contributed by atoms with Crippen molar-refractivity contribution in [1.82, 2.24) is 5.32 Å². The third-order valence-electron chi connectivity index (χ3n) is 2.40. The minimum absolute atomic E-state index is 0.0708. The van der Waals surface area contributed by atoms with E-state index in [-0.39, 0.29) is 17.9 Å². The van der Waals surface area contributed by atoms with Crippen LogP contribution in [0.5, 0.6) is 0 Å². The average molecular weight is 264 g/mol. The highest BCUT2D eigenvalue weighted by Gasteiger charge is 2.10. The summed E-state index contributed by atoms with van der Waals surface area (Å²) in [4.78, 5) is 12.8. The van der Waals surface area contributed by atoms with Gasteiger partial charge in [-0.3, -0.25) is 0 Å². The van der Waals surface area contributed by atoms with Gasteiger partial charge in [-0.2, -0.15) is 0 Å². The number of carbonyl (C=O) groups excluding carboxylic acids is 1. The van der Waals surface area contributed by atoms with Crippen LogP contribution in [-0.2, 0) is 0 Å². The molecule has 0 aliphatic carbocycles. The van der Waals surface area contributed by atoms with Crippen LogP contribution in [0, 0.1) is 5.82 Å². The minimum Gasteiger partial charge on any atom is -0.331 e. The van der Waals surface area contributed by atoms with Gasteiger partial charge in [0.05, 0.1) is 6.04 Å². The van der Waals surface area contributed by atoms with Crippen molar-refractivity contribution < 1.29 is 9.18 Å². The summed E-state index contributed by atoms with van der Waals surface area (Å²) >= 11 is 1.58. The number of benzene rings is 1. The maximum absolute atomic E-state index is 12.9. The smallest absolute Gasteiger partial charge is 0.319 e. The largest absolute Gasteiger partial charge is 0.331 e. The van der Waals surface area contributed by atoms with Crippen LogP contribution in [0.3, 0.4) is 0 Å². The lowest BCUT2D eigenvalue weighted by atomic mass is 10.3. The first-order valence-corrected chi connectivity index (χ1v) is 6.39. The van der Waals surface area contributed by atoms with Crippen LogP contribution in [0.2, 0.25) is 0 Å². The first-order valence-electron chi connectivity index (χ1n) is 5.51. The van der Waals surface area contributed by atoms with Crippen molar-refractivity contribution in [2.24, 2.45) is 0 Å². The number of rotatable bonds is 3. The van der Waals surface area contributed by atoms with E-state index in [1.54, 1.807) is 23.5 Å². The summed E-state index contributed by atoms with van der Waals surface area (Å²) in [5.74, 6) is -0.376. The third-order valence-corrected chi connectivity index (χ3v) is 3.46. The number of halogens is 1.